The summed E-state index contributed by atoms with van der Waals surface area (Å²) < 4.78 is 41.5. The van der Waals surface area contributed by atoms with Crippen LogP contribution in [-0.4, -0.2) is 53.6 Å². The Bertz CT molecular complexity index is 785. The second-order valence-corrected chi connectivity index (χ2v) is 6.87. The summed E-state index contributed by atoms with van der Waals surface area (Å²) in [5, 5.41) is 11.3. The van der Waals surface area contributed by atoms with Crippen LogP contribution in [0.2, 0.25) is 0 Å². The summed E-state index contributed by atoms with van der Waals surface area (Å²) >= 11 is 0. The molecule has 4 N–H and O–H groups in total. The van der Waals surface area contributed by atoms with Gasteiger partial charge in [-0.15, -0.1) is 0 Å². The third-order valence-electron chi connectivity index (χ3n) is 4.59. The van der Waals surface area contributed by atoms with Gasteiger partial charge in [-0.25, -0.2) is 0 Å². The minimum absolute atomic E-state index is 0.0110. The number of ketones is 1. The highest BCUT2D eigenvalue weighted by molar-refractivity contribution is 6.01. The molecule has 0 aliphatic rings. The Hall–Kier alpha value is -2.95. The molecule has 0 fully saturated rings. The molecule has 0 aromatic heterocycles. The summed E-state index contributed by atoms with van der Waals surface area (Å²) in [6.45, 7) is 1.06. The first-order valence-corrected chi connectivity index (χ1v) is 9.55. The fourth-order valence-corrected chi connectivity index (χ4v) is 2.97. The Morgan fingerprint density at radius 2 is 1.74 bits per heavy atom. The van der Waals surface area contributed by atoms with E-state index in [1.165, 1.54) is 19.1 Å². The number of carbonyl (C=O) groups excluding carboxylic acids is 3. The van der Waals surface area contributed by atoms with Gasteiger partial charge in [-0.05, 0) is 19.8 Å². The fourth-order valence-electron chi connectivity index (χ4n) is 2.97. The molecule has 2 atom stereocenters. The molecule has 2 unspecified atom stereocenters. The monoisotopic (exact) mass is 446 g/mol. The number of carbonyl (C=O) groups is 4. The summed E-state index contributed by atoms with van der Waals surface area (Å²) in [6, 6.07) is 7.86. The van der Waals surface area contributed by atoms with Crippen LogP contribution in [0.4, 0.5) is 13.2 Å². The maximum Gasteiger partial charge on any atom is 0.471 e. The van der Waals surface area contributed by atoms with E-state index in [-0.39, 0.29) is 38.0 Å². The van der Waals surface area contributed by atoms with Crippen LogP contribution in [0.5, 0.6) is 0 Å². The van der Waals surface area contributed by atoms with Crippen molar-refractivity contribution in [2.45, 2.75) is 44.3 Å². The second-order valence-electron chi connectivity index (χ2n) is 6.87. The first kappa shape index (κ1) is 26.1. The van der Waals surface area contributed by atoms with Gasteiger partial charge in [0, 0.05) is 18.5 Å². The number of nitrogens with one attached hydrogen (secondary N) is 1. The number of alkyl halides is 3. The van der Waals surface area contributed by atoms with Crippen LogP contribution >= 0.6 is 0 Å². The van der Waals surface area contributed by atoms with E-state index in [2.05, 4.69) is 0 Å². The molecule has 0 bridgehead atoms. The number of amides is 1. The molecule has 1 rings (SSSR count). The Morgan fingerprint density at radius 3 is 2.26 bits per heavy atom. The molecule has 0 saturated heterocycles. The molecule has 11 heteroatoms. The van der Waals surface area contributed by atoms with Crippen molar-refractivity contribution >= 4 is 23.6 Å². The van der Waals surface area contributed by atoms with Crippen molar-refractivity contribution in [2.75, 3.05) is 13.2 Å². The molecule has 1 aromatic carbocycles. The van der Waals surface area contributed by atoms with E-state index in [1.807, 2.05) is 0 Å². The number of unbranched alkanes of at least 4 members (excludes halogenated alkanes) is 1. The summed E-state index contributed by atoms with van der Waals surface area (Å²) in [5.74, 6) is -6.69. The number of halogens is 3. The zero-order valence-corrected chi connectivity index (χ0v) is 16.9. The number of carboxylic acids is 1. The van der Waals surface area contributed by atoms with Crippen LogP contribution in [0.1, 0.15) is 43.0 Å². The van der Waals surface area contributed by atoms with Crippen LogP contribution in [0, 0.1) is 5.92 Å². The Labute approximate surface area is 176 Å². The molecule has 1 aromatic rings. The summed E-state index contributed by atoms with van der Waals surface area (Å²) in [5.41, 5.74) is 4.20. The molecule has 0 heterocycles. The van der Waals surface area contributed by atoms with E-state index in [0.29, 0.717) is 0 Å². The zero-order valence-electron chi connectivity index (χ0n) is 16.9. The van der Waals surface area contributed by atoms with Gasteiger partial charge in [0.05, 0.1) is 12.5 Å². The molecule has 31 heavy (non-hydrogen) atoms. The van der Waals surface area contributed by atoms with Gasteiger partial charge in [0.1, 0.15) is 5.54 Å². The van der Waals surface area contributed by atoms with Crippen molar-refractivity contribution in [1.29, 1.82) is 0 Å². The van der Waals surface area contributed by atoms with Crippen LogP contribution in [-0.2, 0) is 19.1 Å². The van der Waals surface area contributed by atoms with Crippen molar-refractivity contribution in [3.63, 3.8) is 0 Å². The normalized spacial score (nSPS) is 14.2. The smallest absolute Gasteiger partial charge is 0.471 e. The number of carboxylic acid groups (broad SMARTS) is 1. The molecular formula is C20H25F3N2O6. The van der Waals surface area contributed by atoms with Gasteiger partial charge in [-0.3, -0.25) is 19.2 Å². The first-order chi connectivity index (χ1) is 14.4. The molecule has 0 spiro atoms. The van der Waals surface area contributed by atoms with Crippen LogP contribution < -0.4 is 11.1 Å². The highest BCUT2D eigenvalue weighted by Crippen LogP contribution is 2.28. The highest BCUT2D eigenvalue weighted by Gasteiger charge is 2.48. The minimum Gasteiger partial charge on any atom is -0.481 e. The van der Waals surface area contributed by atoms with Crippen molar-refractivity contribution in [3.8, 4) is 0 Å². The molecule has 0 aliphatic carbocycles. The van der Waals surface area contributed by atoms with Gasteiger partial charge in [0.25, 0.3) is 0 Å². The summed E-state index contributed by atoms with van der Waals surface area (Å²) in [7, 11) is 0. The van der Waals surface area contributed by atoms with Crippen molar-refractivity contribution < 1.29 is 42.2 Å². The van der Waals surface area contributed by atoms with Gasteiger partial charge >= 0.3 is 24.0 Å². The Balaban J connectivity index is 2.91. The third kappa shape index (κ3) is 7.67. The lowest BCUT2D eigenvalue weighted by atomic mass is 9.77. The lowest BCUT2D eigenvalue weighted by molar-refractivity contribution is -0.173. The Kier molecular flexibility index (Phi) is 9.63. The SMILES string of the molecule is CCOC(=O)C(N)(CC(=O)c1ccccc1)C(CCCCNC(=O)C(F)(F)F)C(=O)O. The van der Waals surface area contributed by atoms with E-state index in [9.17, 15) is 37.5 Å². The molecule has 1 amide bonds. The predicted octanol–water partition coefficient (Wildman–Crippen LogP) is 2.07. The van der Waals surface area contributed by atoms with Crippen molar-refractivity contribution in [2.24, 2.45) is 11.7 Å². The first-order valence-electron chi connectivity index (χ1n) is 9.55. The average molecular weight is 446 g/mol. The van der Waals surface area contributed by atoms with E-state index in [0.717, 1.165) is 0 Å². The Morgan fingerprint density at radius 1 is 1.13 bits per heavy atom. The number of rotatable bonds is 12. The summed E-state index contributed by atoms with van der Waals surface area (Å²) in [4.78, 5) is 47.8. The van der Waals surface area contributed by atoms with E-state index in [1.54, 1.807) is 23.5 Å². The topological polar surface area (TPSA) is 136 Å². The molecule has 172 valence electrons. The zero-order chi connectivity index (χ0) is 23.7. The molecule has 8 nitrogen and oxygen atoms in total. The van der Waals surface area contributed by atoms with Crippen LogP contribution in [0.3, 0.4) is 0 Å². The number of benzene rings is 1. The number of esters is 1. The summed E-state index contributed by atoms with van der Waals surface area (Å²) in [6.07, 6.45) is -5.81. The van der Waals surface area contributed by atoms with Crippen molar-refractivity contribution in [1.82, 2.24) is 5.32 Å². The van der Waals surface area contributed by atoms with Gasteiger partial charge in [0.15, 0.2) is 5.78 Å². The van der Waals surface area contributed by atoms with Gasteiger partial charge in [0.2, 0.25) is 0 Å². The average Bonchev–Trinajstić information content (AvgIpc) is 2.70. The second kappa shape index (κ2) is 11.4. The van der Waals surface area contributed by atoms with Gasteiger partial charge < -0.3 is 20.9 Å². The van der Waals surface area contributed by atoms with Gasteiger partial charge in [-0.2, -0.15) is 13.2 Å². The van der Waals surface area contributed by atoms with E-state index >= 15 is 0 Å². The molecule has 0 aliphatic heterocycles. The lowest BCUT2D eigenvalue weighted by Crippen LogP contribution is -2.58. The largest absolute Gasteiger partial charge is 0.481 e. The standard InChI is InChI=1S/C20H25F3N2O6/c1-2-31-18(30)19(24,12-15(26)13-8-4-3-5-9-13)14(16(27)28)10-6-7-11-25-17(29)20(21,22)23/h3-5,8-9,14H,2,6-7,10-12,24H2,1H3,(H,25,29)(H,27,28). The molecular weight excluding hydrogens is 421 g/mol. The number of nitrogens with two attached hydrogens (primary N) is 1. The maximum absolute atomic E-state index is 12.6. The van der Waals surface area contributed by atoms with Gasteiger partial charge in [-0.1, -0.05) is 36.8 Å². The number of aliphatic carboxylic acids is 1. The maximum atomic E-state index is 12.6. The molecule has 0 radical (unpaired) electrons. The number of ether oxygens (including phenoxy) is 1. The predicted molar refractivity (Wildman–Crippen MR) is 103 cm³/mol. The van der Waals surface area contributed by atoms with Crippen LogP contribution in [0.25, 0.3) is 0 Å². The molecule has 0 saturated carbocycles. The fraction of sp³-hybridized carbons (Fsp3) is 0.500. The third-order valence-corrected chi connectivity index (χ3v) is 4.59. The number of Topliss-reactive ketones (excluding diaryl/α,β-unsaturated/α-hetero) is 1. The van der Waals surface area contributed by atoms with E-state index < -0.39 is 47.7 Å². The number of hydrogen-bond acceptors (Lipinski definition) is 6. The number of hydrogen-bond donors (Lipinski definition) is 3. The lowest BCUT2D eigenvalue weighted by Gasteiger charge is -2.32. The van der Waals surface area contributed by atoms with Crippen molar-refractivity contribution in [3.05, 3.63) is 35.9 Å². The highest BCUT2D eigenvalue weighted by atomic mass is 19.4. The van der Waals surface area contributed by atoms with E-state index in [4.69, 9.17) is 10.5 Å². The van der Waals surface area contributed by atoms with Crippen LogP contribution in [0.15, 0.2) is 30.3 Å². The quantitative estimate of drug-likeness (QED) is 0.254. The minimum atomic E-state index is -5.02.